The van der Waals surface area contributed by atoms with Crippen LogP contribution < -0.4 is 11.1 Å². The van der Waals surface area contributed by atoms with Gasteiger partial charge in [0.25, 0.3) is 0 Å². The highest BCUT2D eigenvalue weighted by Gasteiger charge is 2.32. The van der Waals surface area contributed by atoms with E-state index in [-0.39, 0.29) is 0 Å². The first kappa shape index (κ1) is 12.6. The van der Waals surface area contributed by atoms with Gasteiger partial charge < -0.3 is 11.1 Å². The molecular formula is C11H14F2N2O. The van der Waals surface area contributed by atoms with Crippen LogP contribution in [-0.2, 0) is 10.3 Å². The Morgan fingerprint density at radius 1 is 1.44 bits per heavy atom. The van der Waals surface area contributed by atoms with E-state index in [2.05, 4.69) is 5.32 Å². The van der Waals surface area contributed by atoms with Crippen LogP contribution in [0.3, 0.4) is 0 Å². The lowest BCUT2D eigenvalue weighted by Crippen LogP contribution is -2.50. The predicted molar refractivity (Wildman–Crippen MR) is 56.6 cm³/mol. The van der Waals surface area contributed by atoms with Crippen molar-refractivity contribution < 1.29 is 13.6 Å². The van der Waals surface area contributed by atoms with Crippen molar-refractivity contribution in [2.75, 3.05) is 6.54 Å². The van der Waals surface area contributed by atoms with Gasteiger partial charge in [0.1, 0.15) is 5.54 Å². The van der Waals surface area contributed by atoms with Crippen molar-refractivity contribution in [3.63, 3.8) is 0 Å². The van der Waals surface area contributed by atoms with Crippen LogP contribution in [0.25, 0.3) is 0 Å². The van der Waals surface area contributed by atoms with Crippen LogP contribution in [0.4, 0.5) is 8.78 Å². The van der Waals surface area contributed by atoms with Gasteiger partial charge in [-0.15, -0.1) is 0 Å². The summed E-state index contributed by atoms with van der Waals surface area (Å²) in [6.45, 7) is 3.81. The fourth-order valence-corrected chi connectivity index (χ4v) is 1.49. The van der Waals surface area contributed by atoms with Gasteiger partial charge in [0, 0.05) is 0 Å². The summed E-state index contributed by atoms with van der Waals surface area (Å²) in [5.41, 5.74) is 4.37. The standard InChI is InChI=1S/C11H14F2N2O/c1-3-15-11(2,10(14)16)7-4-5-8(12)9(13)6-7/h4-6,15H,3H2,1-2H3,(H2,14,16). The zero-order valence-corrected chi connectivity index (χ0v) is 9.18. The van der Waals surface area contributed by atoms with Crippen LogP contribution in [-0.4, -0.2) is 12.5 Å². The van der Waals surface area contributed by atoms with E-state index in [1.54, 1.807) is 6.92 Å². The quantitative estimate of drug-likeness (QED) is 0.815. The first-order chi connectivity index (χ1) is 7.41. The van der Waals surface area contributed by atoms with Crippen LogP contribution in [0.5, 0.6) is 0 Å². The lowest BCUT2D eigenvalue weighted by Gasteiger charge is -2.27. The zero-order chi connectivity index (χ0) is 12.3. The fourth-order valence-electron chi connectivity index (χ4n) is 1.49. The average Bonchev–Trinajstić information content (AvgIpc) is 2.22. The number of amides is 1. The van der Waals surface area contributed by atoms with E-state index >= 15 is 0 Å². The molecule has 0 aliphatic rings. The highest BCUT2D eigenvalue weighted by Crippen LogP contribution is 2.22. The highest BCUT2D eigenvalue weighted by atomic mass is 19.2. The maximum absolute atomic E-state index is 13.1. The third-order valence-electron chi connectivity index (χ3n) is 2.52. The molecule has 0 fully saturated rings. The molecule has 0 aliphatic heterocycles. The van der Waals surface area contributed by atoms with Crippen molar-refractivity contribution in [2.24, 2.45) is 5.73 Å². The minimum atomic E-state index is -1.19. The van der Waals surface area contributed by atoms with Crippen LogP contribution in [0, 0.1) is 11.6 Å². The number of hydrogen-bond acceptors (Lipinski definition) is 2. The third-order valence-corrected chi connectivity index (χ3v) is 2.52. The molecule has 88 valence electrons. The Kier molecular flexibility index (Phi) is 3.59. The number of benzene rings is 1. The molecule has 5 heteroatoms. The number of carbonyl (C=O) groups is 1. The third kappa shape index (κ3) is 2.19. The number of rotatable bonds is 4. The summed E-state index contributed by atoms with van der Waals surface area (Å²) in [6.07, 6.45) is 0. The molecule has 1 aromatic rings. The van der Waals surface area contributed by atoms with E-state index in [0.717, 1.165) is 12.1 Å². The second-order valence-corrected chi connectivity index (χ2v) is 3.65. The van der Waals surface area contributed by atoms with Gasteiger partial charge in [0.05, 0.1) is 0 Å². The van der Waals surface area contributed by atoms with E-state index < -0.39 is 23.1 Å². The Morgan fingerprint density at radius 2 is 2.06 bits per heavy atom. The number of likely N-dealkylation sites (N-methyl/N-ethyl adjacent to an activating group) is 1. The van der Waals surface area contributed by atoms with E-state index in [1.165, 1.54) is 13.0 Å². The second-order valence-electron chi connectivity index (χ2n) is 3.65. The summed E-state index contributed by atoms with van der Waals surface area (Å²) in [7, 11) is 0. The Hall–Kier alpha value is -1.49. The van der Waals surface area contributed by atoms with Gasteiger partial charge in [-0.1, -0.05) is 13.0 Å². The SMILES string of the molecule is CCNC(C)(C(N)=O)c1ccc(F)c(F)c1. The smallest absolute Gasteiger partial charge is 0.242 e. The fraction of sp³-hybridized carbons (Fsp3) is 0.364. The van der Waals surface area contributed by atoms with Crippen LogP contribution in [0.15, 0.2) is 18.2 Å². The maximum Gasteiger partial charge on any atom is 0.242 e. The number of nitrogens with two attached hydrogens (primary N) is 1. The van der Waals surface area contributed by atoms with Gasteiger partial charge >= 0.3 is 0 Å². The molecule has 1 rings (SSSR count). The number of carbonyl (C=O) groups excluding carboxylic acids is 1. The molecule has 0 aromatic heterocycles. The molecule has 1 atom stereocenters. The van der Waals surface area contributed by atoms with Gasteiger partial charge in [-0.3, -0.25) is 4.79 Å². The lowest BCUT2D eigenvalue weighted by molar-refractivity contribution is -0.124. The van der Waals surface area contributed by atoms with Crippen molar-refractivity contribution in [3.8, 4) is 0 Å². The molecule has 0 bridgehead atoms. The van der Waals surface area contributed by atoms with E-state index in [0.29, 0.717) is 12.1 Å². The highest BCUT2D eigenvalue weighted by molar-refractivity contribution is 5.85. The topological polar surface area (TPSA) is 55.1 Å². The van der Waals surface area contributed by atoms with Crippen molar-refractivity contribution in [1.29, 1.82) is 0 Å². The molecule has 1 aromatic carbocycles. The second kappa shape index (κ2) is 4.57. The molecule has 16 heavy (non-hydrogen) atoms. The Balaban J connectivity index is 3.21. The summed E-state index contributed by atoms with van der Waals surface area (Å²) in [4.78, 5) is 11.4. The van der Waals surface area contributed by atoms with Gasteiger partial charge in [0.15, 0.2) is 11.6 Å². The summed E-state index contributed by atoms with van der Waals surface area (Å²) < 4.78 is 25.8. The summed E-state index contributed by atoms with van der Waals surface area (Å²) >= 11 is 0. The van der Waals surface area contributed by atoms with Gasteiger partial charge in [-0.25, -0.2) is 8.78 Å². The normalized spacial score (nSPS) is 14.5. The monoisotopic (exact) mass is 228 g/mol. The van der Waals surface area contributed by atoms with E-state index in [1.807, 2.05) is 0 Å². The molecule has 1 unspecified atom stereocenters. The maximum atomic E-state index is 13.1. The minimum Gasteiger partial charge on any atom is -0.368 e. The van der Waals surface area contributed by atoms with Crippen molar-refractivity contribution in [3.05, 3.63) is 35.4 Å². The summed E-state index contributed by atoms with van der Waals surface area (Å²) in [6, 6.07) is 3.29. The molecule has 0 radical (unpaired) electrons. The van der Waals surface area contributed by atoms with Crippen LogP contribution in [0.2, 0.25) is 0 Å². The molecule has 0 spiro atoms. The predicted octanol–water partition coefficient (Wildman–Crippen LogP) is 1.27. The molecule has 0 aliphatic carbocycles. The first-order valence-electron chi connectivity index (χ1n) is 4.92. The Labute approximate surface area is 92.6 Å². The number of hydrogen-bond donors (Lipinski definition) is 2. The molecule has 1 amide bonds. The van der Waals surface area contributed by atoms with Crippen molar-refractivity contribution in [2.45, 2.75) is 19.4 Å². The Bertz CT molecular complexity index is 409. The van der Waals surface area contributed by atoms with Crippen LogP contribution >= 0.6 is 0 Å². The van der Waals surface area contributed by atoms with Gasteiger partial charge in [-0.2, -0.15) is 0 Å². The first-order valence-corrected chi connectivity index (χ1v) is 4.92. The van der Waals surface area contributed by atoms with E-state index in [9.17, 15) is 13.6 Å². The molecular weight excluding hydrogens is 214 g/mol. The molecule has 3 nitrogen and oxygen atoms in total. The molecule has 0 heterocycles. The number of nitrogens with one attached hydrogen (secondary N) is 1. The number of primary amides is 1. The number of halogens is 2. The van der Waals surface area contributed by atoms with Crippen molar-refractivity contribution >= 4 is 5.91 Å². The summed E-state index contributed by atoms with van der Waals surface area (Å²) in [5, 5.41) is 2.86. The molecule has 0 saturated carbocycles. The summed E-state index contributed by atoms with van der Waals surface area (Å²) in [5.74, 6) is -2.59. The van der Waals surface area contributed by atoms with E-state index in [4.69, 9.17) is 5.73 Å². The van der Waals surface area contributed by atoms with Crippen molar-refractivity contribution in [1.82, 2.24) is 5.32 Å². The average molecular weight is 228 g/mol. The minimum absolute atomic E-state index is 0.306. The Morgan fingerprint density at radius 3 is 2.50 bits per heavy atom. The van der Waals surface area contributed by atoms with Gasteiger partial charge in [-0.05, 0) is 31.2 Å². The molecule has 3 N–H and O–H groups in total. The van der Waals surface area contributed by atoms with Crippen LogP contribution in [0.1, 0.15) is 19.4 Å². The largest absolute Gasteiger partial charge is 0.368 e. The lowest BCUT2D eigenvalue weighted by atomic mass is 9.91. The van der Waals surface area contributed by atoms with Gasteiger partial charge in [0.2, 0.25) is 5.91 Å². The molecule has 0 saturated heterocycles. The zero-order valence-electron chi connectivity index (χ0n) is 9.18.